The lowest BCUT2D eigenvalue weighted by molar-refractivity contribution is 0.0920. The van der Waals surface area contributed by atoms with Crippen molar-refractivity contribution in [2.45, 2.75) is 19.8 Å². The van der Waals surface area contributed by atoms with Gasteiger partial charge in [-0.1, -0.05) is 37.3 Å². The van der Waals surface area contributed by atoms with Crippen molar-refractivity contribution in [2.24, 2.45) is 5.41 Å². The molecule has 1 saturated heterocycles. The zero-order chi connectivity index (χ0) is 16.8. The lowest BCUT2D eigenvalue weighted by Gasteiger charge is -2.34. The van der Waals surface area contributed by atoms with Crippen LogP contribution >= 0.6 is 0 Å². The molecule has 126 valence electrons. The first-order valence-corrected chi connectivity index (χ1v) is 8.47. The number of benzene rings is 2. The summed E-state index contributed by atoms with van der Waals surface area (Å²) in [6, 6.07) is 16.9. The Balaban J connectivity index is 1.68. The van der Waals surface area contributed by atoms with Gasteiger partial charge in [-0.25, -0.2) is 0 Å². The molecule has 3 rings (SSSR count). The lowest BCUT2D eigenvalue weighted by Crippen LogP contribution is -2.42. The smallest absolute Gasteiger partial charge is 0.255 e. The Morgan fingerprint density at radius 2 is 1.75 bits per heavy atom. The Kier molecular flexibility index (Phi) is 5.16. The van der Waals surface area contributed by atoms with Crippen molar-refractivity contribution in [3.05, 3.63) is 60.2 Å². The predicted molar refractivity (Wildman–Crippen MR) is 95.5 cm³/mol. The molecule has 24 heavy (non-hydrogen) atoms. The molecule has 0 aromatic heterocycles. The van der Waals surface area contributed by atoms with E-state index in [0.29, 0.717) is 17.9 Å². The number of para-hydroxylation sites is 2. The summed E-state index contributed by atoms with van der Waals surface area (Å²) >= 11 is 0. The maximum atomic E-state index is 12.6. The van der Waals surface area contributed by atoms with E-state index in [4.69, 9.17) is 4.74 Å². The van der Waals surface area contributed by atoms with Gasteiger partial charge in [0.1, 0.15) is 11.5 Å². The first-order valence-electron chi connectivity index (χ1n) is 8.47. The molecule has 0 radical (unpaired) electrons. The zero-order valence-electron chi connectivity index (χ0n) is 14.0. The largest absolute Gasteiger partial charge is 0.457 e. The van der Waals surface area contributed by atoms with Crippen LogP contribution in [-0.2, 0) is 0 Å². The van der Waals surface area contributed by atoms with Crippen molar-refractivity contribution < 1.29 is 9.53 Å². The Morgan fingerprint density at radius 3 is 2.50 bits per heavy atom. The number of carbonyl (C=O) groups excluding carboxylic acids is 1. The highest BCUT2D eigenvalue weighted by molar-refractivity contribution is 5.97. The van der Waals surface area contributed by atoms with Gasteiger partial charge in [0, 0.05) is 6.54 Å². The van der Waals surface area contributed by atoms with E-state index >= 15 is 0 Å². The van der Waals surface area contributed by atoms with Crippen LogP contribution in [0, 0.1) is 5.41 Å². The summed E-state index contributed by atoms with van der Waals surface area (Å²) in [7, 11) is 0. The molecule has 4 heteroatoms. The standard InChI is InChI=1S/C20H24N2O2/c1-20(11-13-21-14-12-20)15-22-19(23)17-9-5-6-10-18(17)24-16-7-3-2-4-8-16/h2-10,21H,11-15H2,1H3,(H,22,23). The summed E-state index contributed by atoms with van der Waals surface area (Å²) in [6.07, 6.45) is 2.16. The van der Waals surface area contributed by atoms with Crippen molar-refractivity contribution in [3.63, 3.8) is 0 Å². The summed E-state index contributed by atoms with van der Waals surface area (Å²) in [6.45, 7) is 4.95. The molecule has 1 heterocycles. The van der Waals surface area contributed by atoms with Crippen molar-refractivity contribution in [1.29, 1.82) is 0 Å². The van der Waals surface area contributed by atoms with Crippen LogP contribution in [0.15, 0.2) is 54.6 Å². The number of ether oxygens (including phenoxy) is 1. The first-order chi connectivity index (χ1) is 11.7. The Hall–Kier alpha value is -2.33. The minimum atomic E-state index is -0.0821. The van der Waals surface area contributed by atoms with E-state index in [1.54, 1.807) is 6.07 Å². The second kappa shape index (κ2) is 7.49. The molecule has 1 aliphatic rings. The van der Waals surface area contributed by atoms with Crippen LogP contribution in [0.3, 0.4) is 0 Å². The van der Waals surface area contributed by atoms with Crippen LogP contribution in [0.4, 0.5) is 0 Å². The minimum Gasteiger partial charge on any atom is -0.457 e. The summed E-state index contributed by atoms with van der Waals surface area (Å²) in [5.41, 5.74) is 0.731. The van der Waals surface area contributed by atoms with Gasteiger partial charge in [-0.15, -0.1) is 0 Å². The van der Waals surface area contributed by atoms with Crippen LogP contribution in [0.2, 0.25) is 0 Å². The third-order valence-corrected chi connectivity index (χ3v) is 4.59. The highest BCUT2D eigenvalue weighted by atomic mass is 16.5. The van der Waals surface area contributed by atoms with Gasteiger partial charge in [-0.2, -0.15) is 0 Å². The second-order valence-electron chi connectivity index (χ2n) is 6.65. The molecule has 0 aliphatic carbocycles. The lowest BCUT2D eigenvalue weighted by atomic mass is 9.81. The number of hydrogen-bond donors (Lipinski definition) is 2. The molecule has 1 aliphatic heterocycles. The molecule has 0 unspecified atom stereocenters. The Labute approximate surface area is 143 Å². The maximum absolute atomic E-state index is 12.6. The van der Waals surface area contributed by atoms with E-state index in [-0.39, 0.29) is 11.3 Å². The Morgan fingerprint density at radius 1 is 1.08 bits per heavy atom. The number of rotatable bonds is 5. The molecule has 4 nitrogen and oxygen atoms in total. The molecule has 2 aromatic carbocycles. The SMILES string of the molecule is CC1(CNC(=O)c2ccccc2Oc2ccccc2)CCNCC1. The fourth-order valence-electron chi connectivity index (χ4n) is 2.95. The van der Waals surface area contributed by atoms with E-state index in [1.165, 1.54) is 0 Å². The topological polar surface area (TPSA) is 50.4 Å². The van der Waals surface area contributed by atoms with Crippen molar-refractivity contribution in [1.82, 2.24) is 10.6 Å². The van der Waals surface area contributed by atoms with Gasteiger partial charge in [0.05, 0.1) is 5.56 Å². The van der Waals surface area contributed by atoms with Crippen LogP contribution in [0.1, 0.15) is 30.1 Å². The van der Waals surface area contributed by atoms with Gasteiger partial charge in [0.15, 0.2) is 0 Å². The van der Waals surface area contributed by atoms with E-state index in [9.17, 15) is 4.79 Å². The molecular formula is C20H24N2O2. The van der Waals surface area contributed by atoms with Crippen molar-refractivity contribution >= 4 is 5.91 Å². The van der Waals surface area contributed by atoms with Gasteiger partial charge < -0.3 is 15.4 Å². The molecule has 1 fully saturated rings. The minimum absolute atomic E-state index is 0.0821. The summed E-state index contributed by atoms with van der Waals surface area (Å²) in [4.78, 5) is 12.6. The normalized spacial score (nSPS) is 16.4. The fourth-order valence-corrected chi connectivity index (χ4v) is 2.95. The fraction of sp³-hybridized carbons (Fsp3) is 0.350. The average molecular weight is 324 g/mol. The average Bonchev–Trinajstić information content (AvgIpc) is 2.62. The highest BCUT2D eigenvalue weighted by Gasteiger charge is 2.27. The molecule has 2 N–H and O–H groups in total. The van der Waals surface area contributed by atoms with Gasteiger partial charge in [0.2, 0.25) is 0 Å². The van der Waals surface area contributed by atoms with Gasteiger partial charge in [0.25, 0.3) is 5.91 Å². The number of piperidine rings is 1. The van der Waals surface area contributed by atoms with Crippen LogP contribution < -0.4 is 15.4 Å². The molecule has 2 aromatic rings. The number of amides is 1. The number of carbonyl (C=O) groups is 1. The van der Waals surface area contributed by atoms with Crippen LogP contribution in [0.5, 0.6) is 11.5 Å². The van der Waals surface area contributed by atoms with Gasteiger partial charge in [-0.05, 0) is 55.6 Å². The summed E-state index contributed by atoms with van der Waals surface area (Å²) in [5, 5.41) is 6.45. The number of nitrogens with one attached hydrogen (secondary N) is 2. The van der Waals surface area contributed by atoms with E-state index in [1.807, 2.05) is 48.5 Å². The second-order valence-corrected chi connectivity index (χ2v) is 6.65. The third kappa shape index (κ3) is 4.15. The van der Waals surface area contributed by atoms with Crippen LogP contribution in [0.25, 0.3) is 0 Å². The van der Waals surface area contributed by atoms with Crippen LogP contribution in [-0.4, -0.2) is 25.5 Å². The molecule has 0 saturated carbocycles. The van der Waals surface area contributed by atoms with Crippen molar-refractivity contribution in [2.75, 3.05) is 19.6 Å². The monoisotopic (exact) mass is 324 g/mol. The van der Waals surface area contributed by atoms with Gasteiger partial charge in [-0.3, -0.25) is 4.79 Å². The summed E-state index contributed by atoms with van der Waals surface area (Å²) in [5.74, 6) is 1.22. The number of hydrogen-bond acceptors (Lipinski definition) is 3. The van der Waals surface area contributed by atoms with Crippen molar-refractivity contribution in [3.8, 4) is 11.5 Å². The molecule has 0 spiro atoms. The molecule has 0 atom stereocenters. The Bertz CT molecular complexity index is 679. The summed E-state index contributed by atoms with van der Waals surface area (Å²) < 4.78 is 5.88. The van der Waals surface area contributed by atoms with E-state index in [0.717, 1.165) is 31.7 Å². The maximum Gasteiger partial charge on any atom is 0.255 e. The molecular weight excluding hydrogens is 300 g/mol. The molecule has 0 bridgehead atoms. The third-order valence-electron chi connectivity index (χ3n) is 4.59. The van der Waals surface area contributed by atoms with E-state index < -0.39 is 0 Å². The highest BCUT2D eigenvalue weighted by Crippen LogP contribution is 2.28. The molecule has 1 amide bonds. The van der Waals surface area contributed by atoms with Gasteiger partial charge >= 0.3 is 0 Å². The van der Waals surface area contributed by atoms with E-state index in [2.05, 4.69) is 17.6 Å². The zero-order valence-corrected chi connectivity index (χ0v) is 14.0. The predicted octanol–water partition coefficient (Wildman–Crippen LogP) is 3.60. The first kappa shape index (κ1) is 16.5. The quantitative estimate of drug-likeness (QED) is 0.883.